The van der Waals surface area contributed by atoms with E-state index in [0.29, 0.717) is 5.41 Å². The molecule has 0 radical (unpaired) electrons. The van der Waals surface area contributed by atoms with Gasteiger partial charge in [-0.3, -0.25) is 0 Å². The molecule has 4 heterocycles. The normalized spacial score (nSPS) is 19.1. The van der Waals surface area contributed by atoms with Crippen LogP contribution in [-0.2, 0) is 18.4 Å². The number of hydrogen-bond acceptors (Lipinski definition) is 5. The first-order chi connectivity index (χ1) is 15.9. The van der Waals surface area contributed by atoms with Crippen LogP contribution < -0.4 is 15.1 Å². The summed E-state index contributed by atoms with van der Waals surface area (Å²) in [6.45, 7) is 13.1. The fourth-order valence-electron chi connectivity index (χ4n) is 5.50. The van der Waals surface area contributed by atoms with Gasteiger partial charge in [-0.15, -0.1) is 0 Å². The second-order valence-electron chi connectivity index (χ2n) is 10.8. The number of anilines is 2. The lowest BCUT2D eigenvalue weighted by atomic mass is 9.75. The van der Waals surface area contributed by atoms with Crippen molar-refractivity contribution in [3.8, 4) is 0 Å². The van der Waals surface area contributed by atoms with Crippen LogP contribution >= 0.6 is 0 Å². The zero-order valence-corrected chi connectivity index (χ0v) is 19.9. The maximum Gasteiger partial charge on any atom is 0.225 e. The summed E-state index contributed by atoms with van der Waals surface area (Å²) in [5, 5.41) is 3.40. The fraction of sp³-hybridized carbons (Fsp3) is 0.429. The van der Waals surface area contributed by atoms with Crippen LogP contribution in [0, 0.1) is 12.3 Å². The number of aromatic nitrogens is 2. The Morgan fingerprint density at radius 3 is 2.21 bits per heavy atom. The van der Waals surface area contributed by atoms with E-state index in [4.69, 9.17) is 4.98 Å². The molecule has 2 fully saturated rings. The molecule has 0 saturated carbocycles. The fourth-order valence-corrected chi connectivity index (χ4v) is 5.50. The van der Waals surface area contributed by atoms with E-state index in [1.165, 1.54) is 33.6 Å². The van der Waals surface area contributed by atoms with Gasteiger partial charge in [0.05, 0.1) is 12.2 Å². The van der Waals surface area contributed by atoms with Gasteiger partial charge in [0.2, 0.25) is 5.95 Å². The van der Waals surface area contributed by atoms with Crippen LogP contribution in [0.3, 0.4) is 0 Å². The topological polar surface area (TPSA) is 44.3 Å². The summed E-state index contributed by atoms with van der Waals surface area (Å²) in [6.07, 6.45) is 3.06. The van der Waals surface area contributed by atoms with Crippen molar-refractivity contribution < 1.29 is 0 Å². The highest BCUT2D eigenvalue weighted by atomic mass is 15.3. The number of aryl methyl sites for hydroxylation is 1. The Bertz CT molecular complexity index is 1150. The lowest BCUT2D eigenvalue weighted by molar-refractivity contribution is 0.119. The number of hydrogen-bond donors (Lipinski definition) is 1. The molecule has 0 atom stereocenters. The molecule has 3 aromatic rings. The van der Waals surface area contributed by atoms with Crippen LogP contribution in [0.25, 0.3) is 0 Å². The summed E-state index contributed by atoms with van der Waals surface area (Å²) < 4.78 is 0. The lowest BCUT2D eigenvalue weighted by Gasteiger charge is -2.56. The van der Waals surface area contributed by atoms with Gasteiger partial charge in [-0.25, -0.2) is 9.97 Å². The molecule has 5 heteroatoms. The second-order valence-corrected chi connectivity index (χ2v) is 10.8. The zero-order chi connectivity index (χ0) is 22.6. The van der Waals surface area contributed by atoms with Gasteiger partial charge >= 0.3 is 0 Å². The highest BCUT2D eigenvalue weighted by molar-refractivity contribution is 5.52. The van der Waals surface area contributed by atoms with Crippen molar-refractivity contribution >= 4 is 11.6 Å². The number of rotatable bonds is 4. The first-order valence-corrected chi connectivity index (χ1v) is 12.2. The molecular formula is C28H33N5. The van der Waals surface area contributed by atoms with Crippen LogP contribution in [-0.4, -0.2) is 42.7 Å². The van der Waals surface area contributed by atoms with Crippen molar-refractivity contribution in [2.24, 2.45) is 5.41 Å². The van der Waals surface area contributed by atoms with Gasteiger partial charge in [0.15, 0.2) is 0 Å². The monoisotopic (exact) mass is 439 g/mol. The number of nitrogens with one attached hydrogen (secondary N) is 1. The van der Waals surface area contributed by atoms with E-state index in [-0.39, 0.29) is 5.41 Å². The molecule has 5 nitrogen and oxygen atoms in total. The van der Waals surface area contributed by atoms with Crippen molar-refractivity contribution in [3.05, 3.63) is 82.7 Å². The molecule has 1 N–H and O–H groups in total. The smallest absolute Gasteiger partial charge is 0.225 e. The highest BCUT2D eigenvalue weighted by Gasteiger charge is 2.48. The Kier molecular flexibility index (Phi) is 4.73. The van der Waals surface area contributed by atoms with Gasteiger partial charge in [-0.2, -0.15) is 0 Å². The van der Waals surface area contributed by atoms with Gasteiger partial charge in [-0.05, 0) is 42.2 Å². The Morgan fingerprint density at radius 2 is 1.58 bits per heavy atom. The van der Waals surface area contributed by atoms with E-state index >= 15 is 0 Å². The average Bonchev–Trinajstić information content (AvgIpc) is 2.77. The maximum absolute atomic E-state index is 4.99. The molecule has 0 bridgehead atoms. The molecule has 6 rings (SSSR count). The van der Waals surface area contributed by atoms with E-state index in [9.17, 15) is 0 Å². The first-order valence-electron chi connectivity index (χ1n) is 12.2. The van der Waals surface area contributed by atoms with Crippen LogP contribution in [0.2, 0.25) is 0 Å². The molecule has 170 valence electrons. The predicted molar refractivity (Wildman–Crippen MR) is 134 cm³/mol. The van der Waals surface area contributed by atoms with Gasteiger partial charge < -0.3 is 15.1 Å². The zero-order valence-electron chi connectivity index (χ0n) is 19.9. The minimum atomic E-state index is -0.0204. The van der Waals surface area contributed by atoms with E-state index in [0.717, 1.165) is 51.6 Å². The van der Waals surface area contributed by atoms with Crippen molar-refractivity contribution in [1.82, 2.24) is 15.3 Å². The highest BCUT2D eigenvalue weighted by Crippen LogP contribution is 2.37. The molecule has 1 spiro atoms. The average molecular weight is 440 g/mol. The van der Waals surface area contributed by atoms with E-state index < -0.39 is 0 Å². The predicted octanol–water partition coefficient (Wildman–Crippen LogP) is 4.08. The largest absolute Gasteiger partial charge is 0.365 e. The van der Waals surface area contributed by atoms with Crippen molar-refractivity contribution in [2.45, 2.75) is 39.2 Å². The maximum atomic E-state index is 4.99. The summed E-state index contributed by atoms with van der Waals surface area (Å²) in [4.78, 5) is 14.5. The van der Waals surface area contributed by atoms with Crippen LogP contribution in [0.1, 0.15) is 41.8 Å². The van der Waals surface area contributed by atoms with Crippen LogP contribution in [0.5, 0.6) is 0 Å². The molecule has 1 aromatic heterocycles. The minimum absolute atomic E-state index is 0.0204. The second kappa shape index (κ2) is 7.56. The first kappa shape index (κ1) is 20.7. The third-order valence-electron chi connectivity index (χ3n) is 8.00. The number of nitrogens with zero attached hydrogens (tertiary/aromatic N) is 4. The van der Waals surface area contributed by atoms with Crippen LogP contribution in [0.15, 0.2) is 54.7 Å². The van der Waals surface area contributed by atoms with E-state index in [1.807, 2.05) is 0 Å². The van der Waals surface area contributed by atoms with Crippen molar-refractivity contribution in [3.63, 3.8) is 0 Å². The SMILES string of the molecule is Cc1ccc(C(C)(C)c2ccc(N3CCc4cnc(N5CC6(CNC6)C5)nc4C3)cc2)cc1. The molecular weight excluding hydrogens is 406 g/mol. The van der Waals surface area contributed by atoms with Gasteiger partial charge in [0, 0.05) is 55.4 Å². The third kappa shape index (κ3) is 3.59. The third-order valence-corrected chi connectivity index (χ3v) is 8.00. The van der Waals surface area contributed by atoms with Crippen LogP contribution in [0.4, 0.5) is 11.6 Å². The quantitative estimate of drug-likeness (QED) is 0.664. The number of benzene rings is 2. The lowest BCUT2D eigenvalue weighted by Crippen LogP contribution is -2.71. The summed E-state index contributed by atoms with van der Waals surface area (Å²) >= 11 is 0. The summed E-state index contributed by atoms with van der Waals surface area (Å²) in [7, 11) is 0. The molecule has 0 unspecified atom stereocenters. The van der Waals surface area contributed by atoms with Crippen molar-refractivity contribution in [1.29, 1.82) is 0 Å². The standard InChI is InChI=1S/C28H33N5/c1-20-4-6-22(7-5-20)27(2,3)23-8-10-24(11-9-23)32-13-12-21-14-30-26(31-25(21)15-32)33-18-28(19-33)16-29-17-28/h4-11,14,29H,12-13,15-19H2,1-3H3. The van der Waals surface area contributed by atoms with Gasteiger partial charge in [0.1, 0.15) is 0 Å². The molecule has 3 aliphatic heterocycles. The van der Waals surface area contributed by atoms with Gasteiger partial charge in [-0.1, -0.05) is 55.8 Å². The molecule has 33 heavy (non-hydrogen) atoms. The van der Waals surface area contributed by atoms with E-state index in [2.05, 4.69) is 95.6 Å². The van der Waals surface area contributed by atoms with Gasteiger partial charge in [0.25, 0.3) is 0 Å². The summed E-state index contributed by atoms with van der Waals surface area (Å²) in [5.74, 6) is 0.906. The van der Waals surface area contributed by atoms with E-state index in [1.54, 1.807) is 0 Å². The van der Waals surface area contributed by atoms with Crippen molar-refractivity contribution in [2.75, 3.05) is 42.5 Å². The Morgan fingerprint density at radius 1 is 0.909 bits per heavy atom. The molecule has 2 saturated heterocycles. The summed E-state index contributed by atoms with van der Waals surface area (Å²) in [5.41, 5.74) is 8.21. The molecule has 0 amide bonds. The Balaban J connectivity index is 1.18. The summed E-state index contributed by atoms with van der Waals surface area (Å²) in [6, 6.07) is 18.1. The minimum Gasteiger partial charge on any atom is -0.365 e. The molecule has 2 aromatic carbocycles. The Labute approximate surface area is 196 Å². The Hall–Kier alpha value is -2.92. The molecule has 0 aliphatic carbocycles. The molecule has 3 aliphatic rings. The number of fused-ring (bicyclic) bond motifs is 1.